The lowest BCUT2D eigenvalue weighted by Crippen LogP contribution is -2.53. The third-order valence-corrected chi connectivity index (χ3v) is 10.9. The van der Waals surface area contributed by atoms with Crippen molar-refractivity contribution in [1.29, 1.82) is 0 Å². The Bertz CT molecular complexity index is 1960. The Hall–Kier alpha value is -5.06. The van der Waals surface area contributed by atoms with Crippen molar-refractivity contribution in [3.05, 3.63) is 89.0 Å². The van der Waals surface area contributed by atoms with Gasteiger partial charge in [0, 0.05) is 49.8 Å². The van der Waals surface area contributed by atoms with Crippen molar-refractivity contribution in [3.63, 3.8) is 0 Å². The molecule has 13 nitrogen and oxygen atoms in total. The van der Waals surface area contributed by atoms with Crippen molar-refractivity contribution >= 4 is 35.8 Å². The number of hydrogen-bond donors (Lipinski definition) is 2. The van der Waals surface area contributed by atoms with E-state index in [1.54, 1.807) is 26.8 Å². The molecule has 0 radical (unpaired) electrons. The number of aliphatic hydroxyl groups excluding tert-OH is 1. The first kappa shape index (κ1) is 45.5. The maximum absolute atomic E-state index is 14.6. The summed E-state index contributed by atoms with van der Waals surface area (Å²) in [5.74, 6) is -3.98. The van der Waals surface area contributed by atoms with E-state index >= 15 is 0 Å². The van der Waals surface area contributed by atoms with Gasteiger partial charge in [0.2, 0.25) is 11.8 Å². The lowest BCUT2D eigenvalue weighted by molar-refractivity contribution is -0.209. The van der Waals surface area contributed by atoms with Crippen LogP contribution in [0.5, 0.6) is 0 Å². The molecule has 2 aromatic carbocycles. The van der Waals surface area contributed by atoms with Gasteiger partial charge in [0.15, 0.2) is 12.4 Å². The number of amides is 2. The normalized spacial score (nSPS) is 22.0. The number of carbonyl (C=O) groups is 5. The fraction of sp³-hybridized carbons (Fsp3) is 0.533. The number of likely N-dealkylation sites (N-methyl/N-ethyl adjacent to an activating group) is 1. The summed E-state index contributed by atoms with van der Waals surface area (Å²) in [5, 5.41) is 13.0. The Balaban J connectivity index is 1.19. The number of halogens is 3. The van der Waals surface area contributed by atoms with Gasteiger partial charge in [-0.3, -0.25) is 14.4 Å². The van der Waals surface area contributed by atoms with E-state index in [9.17, 15) is 42.3 Å². The van der Waals surface area contributed by atoms with E-state index in [-0.39, 0.29) is 48.7 Å². The zero-order chi connectivity index (χ0) is 44.1. The fourth-order valence-electron chi connectivity index (χ4n) is 7.66. The Morgan fingerprint density at radius 2 is 1.62 bits per heavy atom. The number of esters is 3. The van der Waals surface area contributed by atoms with Crippen molar-refractivity contribution < 1.29 is 65.9 Å². The van der Waals surface area contributed by atoms with Gasteiger partial charge in [-0.25, -0.2) is 9.59 Å². The highest BCUT2D eigenvalue weighted by atomic mass is 19.4. The van der Waals surface area contributed by atoms with Gasteiger partial charge in [-0.1, -0.05) is 42.5 Å². The monoisotopic (exact) mass is 854 g/mol. The summed E-state index contributed by atoms with van der Waals surface area (Å²) in [6.07, 6.45) is 0.514. The quantitative estimate of drug-likeness (QED) is 0.115. The Labute approximate surface area is 352 Å². The summed E-state index contributed by atoms with van der Waals surface area (Å²) < 4.78 is 66.3. The zero-order valence-corrected chi connectivity index (χ0v) is 34.7. The van der Waals surface area contributed by atoms with E-state index in [2.05, 4.69) is 10.1 Å². The van der Waals surface area contributed by atoms with Crippen molar-refractivity contribution in [2.45, 2.75) is 120 Å². The molecule has 16 heteroatoms. The van der Waals surface area contributed by atoms with E-state index in [0.29, 0.717) is 5.56 Å². The highest BCUT2D eigenvalue weighted by molar-refractivity contribution is 5.97. The second-order valence-corrected chi connectivity index (χ2v) is 17.1. The minimum atomic E-state index is -4.66. The van der Waals surface area contributed by atoms with Crippen molar-refractivity contribution in [1.82, 2.24) is 10.2 Å². The number of alkyl halides is 3. The van der Waals surface area contributed by atoms with Crippen LogP contribution in [0.4, 0.5) is 13.2 Å². The SMILES string of the molecule is CN(C(=O)C1=CC2OC(C3CC3)(C3CC3)OC2C(OC(=O)c2ccc(C=CC(=O)OCC(F)(F)F)cc2)C1)C(Cc1ccccc1)C(=O)NC(CO)CCC(=O)OC(C)(C)C. The van der Waals surface area contributed by atoms with Crippen molar-refractivity contribution in [2.75, 3.05) is 20.3 Å². The molecule has 2 N–H and O–H groups in total. The summed E-state index contributed by atoms with van der Waals surface area (Å²) in [6.45, 7) is 3.07. The first-order valence-corrected chi connectivity index (χ1v) is 20.6. The van der Waals surface area contributed by atoms with Gasteiger partial charge in [-0.15, -0.1) is 0 Å². The van der Waals surface area contributed by atoms with E-state index in [4.69, 9.17) is 18.9 Å². The molecule has 0 bridgehead atoms. The first-order valence-electron chi connectivity index (χ1n) is 20.6. The maximum atomic E-state index is 14.6. The summed E-state index contributed by atoms with van der Waals surface area (Å²) in [7, 11) is 1.51. The fourth-order valence-corrected chi connectivity index (χ4v) is 7.66. The van der Waals surface area contributed by atoms with E-state index < -0.39 is 90.9 Å². The largest absolute Gasteiger partial charge is 0.460 e. The topological polar surface area (TPSA) is 167 Å². The number of carbonyl (C=O) groups excluding carboxylic acids is 5. The van der Waals surface area contributed by atoms with Crippen molar-refractivity contribution in [3.8, 4) is 0 Å². The molecule has 4 aliphatic rings. The van der Waals surface area contributed by atoms with Crippen LogP contribution in [0.3, 0.4) is 0 Å². The lowest BCUT2D eigenvalue weighted by Gasteiger charge is -2.34. The van der Waals surface area contributed by atoms with E-state index in [0.717, 1.165) is 37.3 Å². The summed E-state index contributed by atoms with van der Waals surface area (Å²) in [6, 6.07) is 13.1. The molecule has 3 fully saturated rings. The first-order chi connectivity index (χ1) is 28.8. The highest BCUT2D eigenvalue weighted by Crippen LogP contribution is 2.59. The van der Waals surface area contributed by atoms with Gasteiger partial charge in [0.1, 0.15) is 30.0 Å². The van der Waals surface area contributed by atoms with Crippen molar-refractivity contribution in [2.24, 2.45) is 11.8 Å². The maximum Gasteiger partial charge on any atom is 0.422 e. The van der Waals surface area contributed by atoms with Crippen LogP contribution in [0.1, 0.15) is 87.2 Å². The molecule has 1 saturated heterocycles. The van der Waals surface area contributed by atoms with Crippen LogP contribution in [-0.2, 0) is 49.3 Å². The number of nitrogens with one attached hydrogen (secondary N) is 1. The highest BCUT2D eigenvalue weighted by Gasteiger charge is 2.64. The van der Waals surface area contributed by atoms with Crippen LogP contribution in [-0.4, -0.2) is 108 Å². The molecule has 2 aromatic rings. The van der Waals surface area contributed by atoms with E-state index in [1.165, 1.54) is 42.3 Å². The molecule has 2 amide bonds. The summed E-state index contributed by atoms with van der Waals surface area (Å²) in [4.78, 5) is 67.7. The molecule has 0 aromatic heterocycles. The summed E-state index contributed by atoms with van der Waals surface area (Å²) >= 11 is 0. The van der Waals surface area contributed by atoms with Crippen LogP contribution >= 0.6 is 0 Å². The minimum Gasteiger partial charge on any atom is -0.460 e. The molecule has 5 atom stereocenters. The molecule has 1 heterocycles. The molecule has 0 spiro atoms. The number of ether oxygens (including phenoxy) is 5. The third kappa shape index (κ3) is 12.3. The Morgan fingerprint density at radius 1 is 0.967 bits per heavy atom. The molecule has 61 heavy (non-hydrogen) atoms. The molecule has 5 unspecified atom stereocenters. The third-order valence-electron chi connectivity index (χ3n) is 10.9. The number of nitrogens with zero attached hydrogens (tertiary/aromatic N) is 1. The lowest BCUT2D eigenvalue weighted by atomic mass is 9.90. The molecule has 2 saturated carbocycles. The number of benzene rings is 2. The number of aliphatic hydroxyl groups is 1. The molecular weight excluding hydrogens is 801 g/mol. The predicted octanol–water partition coefficient (Wildman–Crippen LogP) is 5.63. The minimum absolute atomic E-state index is 0.0479. The number of fused-ring (bicyclic) bond motifs is 1. The van der Waals surface area contributed by atoms with E-state index in [1.807, 2.05) is 30.3 Å². The zero-order valence-electron chi connectivity index (χ0n) is 34.7. The van der Waals surface area contributed by atoms with Crippen LogP contribution in [0.15, 0.2) is 72.3 Å². The standard InChI is InChI=1S/C45H53F3N2O11/c1-43(2,3)60-38(53)21-19-33(25-51)49-40(54)34(22-28-8-6-5-7-9-28)50(4)41(55)30-23-35(39-36(24-30)59-45(61-39,31-15-16-31)32-17-18-32)58-42(56)29-13-10-27(11-14-29)12-20-37(52)57-26-44(46,47)48/h5-14,20,24,31-36,39,51H,15-19,21-23,25-26H2,1-4H3,(H,49,54). The molecule has 330 valence electrons. The average Bonchev–Trinajstić information content (AvgIpc) is 4.16. The van der Waals surface area contributed by atoms with Gasteiger partial charge in [0.05, 0.1) is 18.2 Å². The second kappa shape index (κ2) is 18.9. The Morgan fingerprint density at radius 3 is 2.21 bits per heavy atom. The van der Waals surface area contributed by atoms with Gasteiger partial charge in [-0.2, -0.15) is 13.2 Å². The molecule has 1 aliphatic heterocycles. The van der Waals surface area contributed by atoms with Crippen LogP contribution in [0.2, 0.25) is 0 Å². The molecule has 3 aliphatic carbocycles. The Kier molecular flexibility index (Phi) is 14.1. The smallest absolute Gasteiger partial charge is 0.422 e. The number of hydrogen-bond acceptors (Lipinski definition) is 11. The van der Waals surface area contributed by atoms with Gasteiger partial charge in [-0.05, 0) is 88.3 Å². The van der Waals surface area contributed by atoms with Crippen LogP contribution in [0, 0.1) is 11.8 Å². The molecule has 6 rings (SSSR count). The van der Waals surface area contributed by atoms with Gasteiger partial charge in [0.25, 0.3) is 0 Å². The second-order valence-electron chi connectivity index (χ2n) is 17.1. The van der Waals surface area contributed by atoms with Gasteiger partial charge < -0.3 is 39.0 Å². The average molecular weight is 855 g/mol. The van der Waals surface area contributed by atoms with Crippen LogP contribution < -0.4 is 5.32 Å². The summed E-state index contributed by atoms with van der Waals surface area (Å²) in [5.41, 5.74) is 0.863. The van der Waals surface area contributed by atoms with Gasteiger partial charge >= 0.3 is 24.1 Å². The predicted molar refractivity (Wildman–Crippen MR) is 213 cm³/mol. The van der Waals surface area contributed by atoms with Crippen LogP contribution in [0.25, 0.3) is 6.08 Å². The number of rotatable bonds is 17. The molecular formula is C45H53F3N2O11.